The van der Waals surface area contributed by atoms with Gasteiger partial charge in [-0.2, -0.15) is 14.0 Å². The molecule has 0 spiro atoms. The summed E-state index contributed by atoms with van der Waals surface area (Å²) in [5, 5.41) is 8.40. The first kappa shape index (κ1) is 15.6. The van der Waals surface area contributed by atoms with Gasteiger partial charge in [-0.05, 0) is 24.1 Å². The van der Waals surface area contributed by atoms with Gasteiger partial charge >= 0.3 is 6.61 Å². The standard InChI is InChI=1S/C11H12F2N2O.ClH/c12-11(13)16-9-5-3-8(4-6-9)10(15)2-1-7-14;/h3-6,10-11H,1-2,15H2;1H/t10-;/m1./s1. The lowest BCUT2D eigenvalue weighted by Gasteiger charge is -2.11. The first-order chi connectivity index (χ1) is 7.63. The molecular formula is C11H13ClF2N2O. The Balaban J connectivity index is 0.00000256. The quantitative estimate of drug-likeness (QED) is 0.887. The van der Waals surface area contributed by atoms with Crippen LogP contribution in [0.5, 0.6) is 5.75 Å². The van der Waals surface area contributed by atoms with Crippen LogP contribution in [0.1, 0.15) is 24.4 Å². The van der Waals surface area contributed by atoms with Crippen molar-refractivity contribution in [3.8, 4) is 11.8 Å². The van der Waals surface area contributed by atoms with Gasteiger partial charge in [0.05, 0.1) is 6.07 Å². The monoisotopic (exact) mass is 262 g/mol. The number of nitrogens with two attached hydrogens (primary N) is 1. The molecule has 1 aromatic rings. The lowest BCUT2D eigenvalue weighted by molar-refractivity contribution is -0.0498. The number of halogens is 3. The van der Waals surface area contributed by atoms with Crippen molar-refractivity contribution in [1.82, 2.24) is 0 Å². The molecule has 0 amide bonds. The van der Waals surface area contributed by atoms with Gasteiger partial charge in [-0.25, -0.2) is 0 Å². The van der Waals surface area contributed by atoms with E-state index in [0.717, 1.165) is 5.56 Å². The molecule has 0 bridgehead atoms. The van der Waals surface area contributed by atoms with Crippen LogP contribution in [-0.2, 0) is 0 Å². The van der Waals surface area contributed by atoms with Crippen LogP contribution in [0.3, 0.4) is 0 Å². The maximum absolute atomic E-state index is 11.9. The van der Waals surface area contributed by atoms with Crippen LogP contribution in [-0.4, -0.2) is 6.61 Å². The summed E-state index contributed by atoms with van der Waals surface area (Å²) in [4.78, 5) is 0. The molecule has 0 fully saturated rings. The van der Waals surface area contributed by atoms with E-state index in [1.54, 1.807) is 12.1 Å². The van der Waals surface area contributed by atoms with Crippen molar-refractivity contribution in [2.24, 2.45) is 5.73 Å². The first-order valence-electron chi connectivity index (χ1n) is 4.81. The zero-order valence-corrected chi connectivity index (χ0v) is 9.79. The SMILES string of the molecule is Cl.N#CCC[C@@H](N)c1ccc(OC(F)F)cc1. The molecule has 0 unspecified atom stereocenters. The normalized spacial score (nSPS) is 11.5. The summed E-state index contributed by atoms with van der Waals surface area (Å²) in [7, 11) is 0. The summed E-state index contributed by atoms with van der Waals surface area (Å²) in [6.07, 6.45) is 0.919. The van der Waals surface area contributed by atoms with Gasteiger partial charge in [0.2, 0.25) is 0 Å². The fourth-order valence-corrected chi connectivity index (χ4v) is 1.28. The predicted molar refractivity (Wildman–Crippen MR) is 62.1 cm³/mol. The zero-order valence-electron chi connectivity index (χ0n) is 8.98. The van der Waals surface area contributed by atoms with Crippen LogP contribution >= 0.6 is 12.4 Å². The smallest absolute Gasteiger partial charge is 0.387 e. The molecule has 17 heavy (non-hydrogen) atoms. The molecule has 2 N–H and O–H groups in total. The molecule has 1 atom stereocenters. The highest BCUT2D eigenvalue weighted by Crippen LogP contribution is 2.20. The number of rotatable bonds is 5. The van der Waals surface area contributed by atoms with Crippen molar-refractivity contribution in [3.63, 3.8) is 0 Å². The Bertz CT molecular complexity index is 365. The predicted octanol–water partition coefficient (Wildman–Crippen LogP) is 3.01. The number of nitriles is 1. The van der Waals surface area contributed by atoms with E-state index < -0.39 is 6.61 Å². The summed E-state index contributed by atoms with van der Waals surface area (Å²) < 4.78 is 27.9. The van der Waals surface area contributed by atoms with Gasteiger partial charge in [-0.1, -0.05) is 12.1 Å². The summed E-state index contributed by atoms with van der Waals surface area (Å²) in [6, 6.07) is 7.88. The number of nitrogens with zero attached hydrogens (tertiary/aromatic N) is 1. The van der Waals surface area contributed by atoms with E-state index >= 15 is 0 Å². The highest BCUT2D eigenvalue weighted by atomic mass is 35.5. The van der Waals surface area contributed by atoms with E-state index in [1.807, 2.05) is 6.07 Å². The lowest BCUT2D eigenvalue weighted by atomic mass is 10.0. The van der Waals surface area contributed by atoms with Crippen molar-refractivity contribution >= 4 is 12.4 Å². The van der Waals surface area contributed by atoms with E-state index in [4.69, 9.17) is 11.0 Å². The van der Waals surface area contributed by atoms with Gasteiger partial charge in [-0.15, -0.1) is 12.4 Å². The van der Waals surface area contributed by atoms with E-state index in [1.165, 1.54) is 12.1 Å². The molecule has 0 aliphatic carbocycles. The van der Waals surface area contributed by atoms with Crippen molar-refractivity contribution in [1.29, 1.82) is 5.26 Å². The Morgan fingerprint density at radius 2 is 1.88 bits per heavy atom. The van der Waals surface area contributed by atoms with Crippen LogP contribution in [0.2, 0.25) is 0 Å². The van der Waals surface area contributed by atoms with Crippen LogP contribution in [0.25, 0.3) is 0 Å². The molecule has 0 aromatic heterocycles. The molecule has 0 heterocycles. The molecule has 0 saturated carbocycles. The van der Waals surface area contributed by atoms with Gasteiger partial charge in [-0.3, -0.25) is 0 Å². The molecule has 0 radical (unpaired) electrons. The topological polar surface area (TPSA) is 59.0 Å². The third kappa shape index (κ3) is 5.48. The highest BCUT2D eigenvalue weighted by molar-refractivity contribution is 5.85. The van der Waals surface area contributed by atoms with Crippen LogP contribution in [0, 0.1) is 11.3 Å². The molecule has 0 aliphatic rings. The van der Waals surface area contributed by atoms with E-state index in [0.29, 0.717) is 12.8 Å². The second-order valence-electron chi connectivity index (χ2n) is 3.25. The van der Waals surface area contributed by atoms with Crippen molar-refractivity contribution < 1.29 is 13.5 Å². The molecule has 3 nitrogen and oxygen atoms in total. The summed E-state index contributed by atoms with van der Waals surface area (Å²) in [5.41, 5.74) is 6.59. The molecule has 0 saturated heterocycles. The molecule has 6 heteroatoms. The average Bonchev–Trinajstić information content (AvgIpc) is 2.26. The van der Waals surface area contributed by atoms with E-state index in [2.05, 4.69) is 4.74 Å². The van der Waals surface area contributed by atoms with Crippen molar-refractivity contribution in [2.45, 2.75) is 25.5 Å². The molecular weight excluding hydrogens is 250 g/mol. The third-order valence-corrected chi connectivity index (χ3v) is 2.10. The molecule has 0 aliphatic heterocycles. The second kappa shape index (κ2) is 7.82. The second-order valence-corrected chi connectivity index (χ2v) is 3.25. The number of alkyl halides is 2. The van der Waals surface area contributed by atoms with E-state index in [-0.39, 0.29) is 24.2 Å². The minimum absolute atomic E-state index is 0. The zero-order chi connectivity index (χ0) is 12.0. The van der Waals surface area contributed by atoms with Crippen molar-refractivity contribution in [2.75, 3.05) is 0 Å². The Kier molecular flexibility index (Phi) is 7.19. The number of ether oxygens (including phenoxy) is 1. The maximum Gasteiger partial charge on any atom is 0.387 e. The van der Waals surface area contributed by atoms with Gasteiger partial charge in [0, 0.05) is 12.5 Å². The molecule has 94 valence electrons. The third-order valence-electron chi connectivity index (χ3n) is 2.10. The largest absolute Gasteiger partial charge is 0.435 e. The summed E-state index contributed by atoms with van der Waals surface area (Å²) >= 11 is 0. The van der Waals surface area contributed by atoms with Crippen LogP contribution in [0.4, 0.5) is 8.78 Å². The van der Waals surface area contributed by atoms with Gasteiger partial charge in [0.15, 0.2) is 0 Å². The van der Waals surface area contributed by atoms with Crippen LogP contribution in [0.15, 0.2) is 24.3 Å². The van der Waals surface area contributed by atoms with E-state index in [9.17, 15) is 8.78 Å². The summed E-state index contributed by atoms with van der Waals surface area (Å²) in [5.74, 6) is 0.103. The van der Waals surface area contributed by atoms with Gasteiger partial charge < -0.3 is 10.5 Å². The average molecular weight is 263 g/mol. The lowest BCUT2D eigenvalue weighted by Crippen LogP contribution is -2.10. The fourth-order valence-electron chi connectivity index (χ4n) is 1.28. The number of hydrogen-bond acceptors (Lipinski definition) is 3. The Morgan fingerprint density at radius 3 is 2.35 bits per heavy atom. The summed E-state index contributed by atoms with van der Waals surface area (Å²) in [6.45, 7) is -2.82. The number of hydrogen-bond donors (Lipinski definition) is 1. The first-order valence-corrected chi connectivity index (χ1v) is 4.81. The molecule has 1 rings (SSSR count). The fraction of sp³-hybridized carbons (Fsp3) is 0.364. The Labute approximate surface area is 105 Å². The van der Waals surface area contributed by atoms with Crippen molar-refractivity contribution in [3.05, 3.63) is 29.8 Å². The van der Waals surface area contributed by atoms with Gasteiger partial charge in [0.25, 0.3) is 0 Å². The minimum Gasteiger partial charge on any atom is -0.435 e. The Hall–Kier alpha value is -1.38. The maximum atomic E-state index is 11.9. The van der Waals surface area contributed by atoms with Crippen LogP contribution < -0.4 is 10.5 Å². The highest BCUT2D eigenvalue weighted by Gasteiger charge is 2.07. The number of benzene rings is 1. The Morgan fingerprint density at radius 1 is 1.29 bits per heavy atom. The molecule has 1 aromatic carbocycles. The minimum atomic E-state index is -2.82. The van der Waals surface area contributed by atoms with Gasteiger partial charge in [0.1, 0.15) is 5.75 Å².